The fourth-order valence-corrected chi connectivity index (χ4v) is 2.89. The second kappa shape index (κ2) is 16.5. The van der Waals surface area contributed by atoms with Crippen molar-refractivity contribution < 1.29 is 29.6 Å². The number of aliphatic imine (C=N–C) groups is 2. The Morgan fingerprint density at radius 2 is 0.886 bits per heavy atom. The molecule has 6 heteroatoms. The number of hydrogen-bond acceptors (Lipinski definition) is 4. The summed E-state index contributed by atoms with van der Waals surface area (Å²) >= 11 is 1.47. The third-order valence-electron chi connectivity index (χ3n) is 4.79. The topological polar surface area (TPSA) is 65.2 Å². The number of nitrogens with zero attached hydrogens (tertiary/aromatic N) is 2. The standard InChI is InChI=1S/2C14H13NO.CH3.ClH.Ti/c2*1-11-6-2-4-8-13(11)15-10-12-7-3-5-9-14(12)16;;;/h2*2-10,16H,1H3;1H3;1H;/q;;-1;;+2/p-1. The summed E-state index contributed by atoms with van der Waals surface area (Å²) in [7, 11) is 4.64. The Morgan fingerprint density at radius 3 is 1.23 bits per heavy atom. The molecular weight excluding hydrogens is 492 g/mol. The monoisotopic (exact) mass is 520 g/mol. The van der Waals surface area contributed by atoms with Crippen molar-refractivity contribution in [3.05, 3.63) is 127 Å². The van der Waals surface area contributed by atoms with Crippen LogP contribution in [0.15, 0.2) is 107 Å². The van der Waals surface area contributed by atoms with Crippen LogP contribution < -0.4 is 0 Å². The summed E-state index contributed by atoms with van der Waals surface area (Å²) in [4.78, 5) is 8.70. The molecule has 0 aliphatic heterocycles. The first-order chi connectivity index (χ1) is 16.5. The van der Waals surface area contributed by atoms with Gasteiger partial charge in [0.1, 0.15) is 11.5 Å². The average Bonchev–Trinajstić information content (AvgIpc) is 2.86. The molecule has 4 aromatic rings. The zero-order valence-corrected chi connectivity index (χ0v) is 22.4. The summed E-state index contributed by atoms with van der Waals surface area (Å²) < 4.78 is 0. The minimum atomic E-state index is 0. The Morgan fingerprint density at radius 1 is 0.571 bits per heavy atom. The molecule has 0 amide bonds. The number of hydrogen-bond donors (Lipinski definition) is 2. The molecule has 4 rings (SSSR count). The van der Waals surface area contributed by atoms with Crippen molar-refractivity contribution >= 4 is 33.1 Å². The van der Waals surface area contributed by atoms with E-state index in [2.05, 4.69) is 19.3 Å². The van der Waals surface area contributed by atoms with Gasteiger partial charge in [-0.15, -0.1) is 0 Å². The summed E-state index contributed by atoms with van der Waals surface area (Å²) in [5.41, 5.74) is 5.54. The number of halogens is 1. The summed E-state index contributed by atoms with van der Waals surface area (Å²) in [6.45, 7) is 4.02. The number of benzene rings is 4. The minimum absolute atomic E-state index is 0. The van der Waals surface area contributed by atoms with Crippen molar-refractivity contribution in [1.29, 1.82) is 0 Å². The van der Waals surface area contributed by atoms with E-state index in [1.165, 1.54) is 19.4 Å². The van der Waals surface area contributed by atoms with E-state index < -0.39 is 0 Å². The second-order valence-electron chi connectivity index (χ2n) is 7.21. The van der Waals surface area contributed by atoms with Crippen LogP contribution in [0.3, 0.4) is 0 Å². The molecule has 0 atom stereocenters. The molecule has 0 heterocycles. The van der Waals surface area contributed by atoms with Crippen LogP contribution in [0.2, 0.25) is 0 Å². The molecule has 0 aromatic heterocycles. The van der Waals surface area contributed by atoms with Crippen LogP contribution in [0.5, 0.6) is 11.5 Å². The van der Waals surface area contributed by atoms with E-state index in [-0.39, 0.29) is 18.9 Å². The molecule has 0 bridgehead atoms. The number of rotatable bonds is 4. The molecule has 0 unspecified atom stereocenters. The van der Waals surface area contributed by atoms with Crippen LogP contribution in [-0.2, 0) is 19.4 Å². The number of para-hydroxylation sites is 4. The van der Waals surface area contributed by atoms with Crippen molar-refractivity contribution in [2.45, 2.75) is 13.8 Å². The Kier molecular flexibility index (Phi) is 14.0. The summed E-state index contributed by atoms with van der Waals surface area (Å²) in [6, 6.07) is 30.1. The maximum atomic E-state index is 9.57. The summed E-state index contributed by atoms with van der Waals surface area (Å²) in [5, 5.41) is 19.1. The van der Waals surface area contributed by atoms with E-state index in [4.69, 9.17) is 0 Å². The van der Waals surface area contributed by atoms with Gasteiger partial charge in [0.2, 0.25) is 0 Å². The van der Waals surface area contributed by atoms with E-state index >= 15 is 0 Å². The van der Waals surface area contributed by atoms with Gasteiger partial charge in [0.15, 0.2) is 0 Å². The molecule has 0 saturated carbocycles. The molecule has 0 fully saturated rings. The Bertz CT molecular complexity index is 1050. The van der Waals surface area contributed by atoms with E-state index in [1.54, 1.807) is 36.7 Å². The van der Waals surface area contributed by atoms with E-state index in [0.29, 0.717) is 0 Å². The Hall–Kier alpha value is -3.18. The molecule has 4 nitrogen and oxygen atoms in total. The molecule has 0 aliphatic rings. The zero-order chi connectivity index (χ0) is 24.8. The first kappa shape index (κ1) is 29.9. The molecule has 2 N–H and O–H groups in total. The van der Waals surface area contributed by atoms with Gasteiger partial charge in [0.05, 0.1) is 11.4 Å². The fraction of sp³-hybridized carbons (Fsp3) is 0.0690. The summed E-state index contributed by atoms with van der Waals surface area (Å²) in [6.07, 6.45) is 3.36. The number of aryl methyl sites for hydroxylation is 2. The van der Waals surface area contributed by atoms with Crippen LogP contribution in [0.1, 0.15) is 22.3 Å². The van der Waals surface area contributed by atoms with E-state index in [0.717, 1.165) is 33.6 Å². The molecule has 0 saturated heterocycles. The van der Waals surface area contributed by atoms with Gasteiger partial charge < -0.3 is 17.6 Å². The number of phenolic OH excluding ortho intramolecular Hbond substituents is 2. The third-order valence-corrected chi connectivity index (χ3v) is 4.79. The fourth-order valence-electron chi connectivity index (χ4n) is 2.89. The van der Waals surface area contributed by atoms with Crippen molar-refractivity contribution in [1.82, 2.24) is 0 Å². The van der Waals surface area contributed by atoms with Gasteiger partial charge in [-0.1, -0.05) is 60.7 Å². The van der Waals surface area contributed by atoms with Crippen LogP contribution in [-0.4, -0.2) is 22.6 Å². The molecule has 178 valence electrons. The van der Waals surface area contributed by atoms with Gasteiger partial charge in [-0.25, -0.2) is 0 Å². The quantitative estimate of drug-likeness (QED) is 0.162. The number of phenols is 2. The van der Waals surface area contributed by atoms with Crippen molar-refractivity contribution in [2.75, 3.05) is 0 Å². The van der Waals surface area contributed by atoms with Crippen LogP contribution >= 0.6 is 9.30 Å². The van der Waals surface area contributed by atoms with Crippen molar-refractivity contribution in [2.24, 2.45) is 9.98 Å². The first-order valence-corrected chi connectivity index (χ1v) is 12.6. The third kappa shape index (κ3) is 9.91. The van der Waals surface area contributed by atoms with Gasteiger partial charge >= 0.3 is 28.7 Å². The molecule has 4 aromatic carbocycles. The predicted molar refractivity (Wildman–Crippen MR) is 145 cm³/mol. The average molecular weight is 521 g/mol. The summed E-state index contributed by atoms with van der Waals surface area (Å²) in [5.74, 6) is 0.500. The van der Waals surface area contributed by atoms with Gasteiger partial charge in [-0.05, 0) is 61.4 Å². The molecule has 0 radical (unpaired) electrons. The zero-order valence-electron chi connectivity index (χ0n) is 20.1. The van der Waals surface area contributed by atoms with Crippen LogP contribution in [0.4, 0.5) is 11.4 Å². The van der Waals surface area contributed by atoms with Gasteiger partial charge in [-0.2, -0.15) is 0 Å². The first-order valence-electron chi connectivity index (χ1n) is 10.5. The predicted octanol–water partition coefficient (Wildman–Crippen LogP) is 8.04. The maximum absolute atomic E-state index is 9.57. The Labute approximate surface area is 224 Å². The van der Waals surface area contributed by atoms with Crippen LogP contribution in [0, 0.1) is 21.3 Å². The number of aromatic hydroxyl groups is 2. The SMILES string of the molecule is Cc1ccccc1N=Cc1ccccc1O.Cc1ccccc1N=Cc1ccccc1O.[CH3-].[Cl][Ti+]. The molecular formula is C29H29ClN2O2Ti. The second-order valence-corrected chi connectivity index (χ2v) is 7.21. The molecule has 0 spiro atoms. The van der Waals surface area contributed by atoms with Gasteiger partial charge in [0.25, 0.3) is 0 Å². The van der Waals surface area contributed by atoms with Crippen molar-refractivity contribution in [3.8, 4) is 11.5 Å². The Balaban J connectivity index is 0.000000318. The van der Waals surface area contributed by atoms with Gasteiger partial charge in [-0.3, -0.25) is 9.98 Å². The van der Waals surface area contributed by atoms with E-state index in [1.807, 2.05) is 86.6 Å². The van der Waals surface area contributed by atoms with Crippen molar-refractivity contribution in [3.63, 3.8) is 0 Å². The van der Waals surface area contributed by atoms with Crippen LogP contribution in [0.25, 0.3) is 0 Å². The normalized spacial score (nSPS) is 10.0. The van der Waals surface area contributed by atoms with Gasteiger partial charge in [0, 0.05) is 23.6 Å². The van der Waals surface area contributed by atoms with E-state index in [9.17, 15) is 10.2 Å². The molecule has 35 heavy (non-hydrogen) atoms. The molecule has 0 aliphatic carbocycles.